The Hall–Kier alpha value is -3.13. The lowest BCUT2D eigenvalue weighted by atomic mass is 10.2. The minimum Gasteiger partial charge on any atom is -0.493 e. The van der Waals surface area contributed by atoms with Gasteiger partial charge in [-0.3, -0.25) is 5.10 Å². The number of aromatic amines is 1. The molecule has 4 rings (SSSR count). The van der Waals surface area contributed by atoms with Crippen molar-refractivity contribution >= 4 is 11.6 Å². The molecule has 8 heteroatoms. The lowest BCUT2D eigenvalue weighted by Gasteiger charge is -2.16. The molecule has 1 saturated heterocycles. The monoisotopic (exact) mass is 408 g/mol. The highest BCUT2D eigenvalue weighted by atomic mass is 16.5. The number of benzene rings is 1. The number of anilines is 2. The van der Waals surface area contributed by atoms with Crippen LogP contribution < -0.4 is 14.8 Å². The molecule has 0 aliphatic carbocycles. The summed E-state index contributed by atoms with van der Waals surface area (Å²) in [5, 5.41) is 10.3. The van der Waals surface area contributed by atoms with Crippen molar-refractivity contribution < 1.29 is 9.47 Å². The first-order valence-corrected chi connectivity index (χ1v) is 10.4. The average Bonchev–Trinajstić information content (AvgIpc) is 3.43. The molecule has 3 heterocycles. The maximum Gasteiger partial charge on any atom is 0.227 e. The first kappa shape index (κ1) is 20.2. The van der Waals surface area contributed by atoms with E-state index in [1.165, 1.54) is 25.9 Å². The van der Waals surface area contributed by atoms with Crippen molar-refractivity contribution in [2.45, 2.75) is 26.2 Å². The van der Waals surface area contributed by atoms with Crippen molar-refractivity contribution in [3.8, 4) is 22.8 Å². The van der Waals surface area contributed by atoms with E-state index in [2.05, 4.69) is 30.4 Å². The fraction of sp³-hybridized carbons (Fsp3) is 0.409. The van der Waals surface area contributed by atoms with Crippen LogP contribution in [0.1, 0.15) is 25.0 Å². The quantitative estimate of drug-likeness (QED) is 0.521. The van der Waals surface area contributed by atoms with Crippen molar-refractivity contribution in [1.82, 2.24) is 25.1 Å². The number of hydrogen-bond donors (Lipinski definition) is 2. The predicted molar refractivity (Wildman–Crippen MR) is 116 cm³/mol. The summed E-state index contributed by atoms with van der Waals surface area (Å²) in [6, 6.07) is 7.61. The second-order valence-electron chi connectivity index (χ2n) is 7.42. The van der Waals surface area contributed by atoms with E-state index in [-0.39, 0.29) is 0 Å². The SMILES string of the molecule is COc1ccc(Nc2nccc(-c3cn[nH]c3C)n2)cc1OCCCN1CCCC1. The molecule has 30 heavy (non-hydrogen) atoms. The lowest BCUT2D eigenvalue weighted by Crippen LogP contribution is -2.21. The third-order valence-corrected chi connectivity index (χ3v) is 5.26. The molecule has 2 N–H and O–H groups in total. The second kappa shape index (κ2) is 9.58. The molecule has 0 saturated carbocycles. The molecule has 8 nitrogen and oxygen atoms in total. The van der Waals surface area contributed by atoms with Crippen LogP contribution in [-0.4, -0.2) is 58.4 Å². The summed E-state index contributed by atoms with van der Waals surface area (Å²) in [7, 11) is 1.65. The summed E-state index contributed by atoms with van der Waals surface area (Å²) in [4.78, 5) is 11.4. The number of aromatic nitrogens is 4. The highest BCUT2D eigenvalue weighted by Gasteiger charge is 2.12. The number of hydrogen-bond acceptors (Lipinski definition) is 7. The van der Waals surface area contributed by atoms with Gasteiger partial charge in [0.25, 0.3) is 0 Å². The Bertz CT molecular complexity index is 968. The highest BCUT2D eigenvalue weighted by molar-refractivity contribution is 5.64. The molecule has 1 aromatic carbocycles. The van der Waals surface area contributed by atoms with E-state index < -0.39 is 0 Å². The van der Waals surface area contributed by atoms with Crippen LogP contribution in [0, 0.1) is 6.92 Å². The number of aryl methyl sites for hydroxylation is 1. The number of methoxy groups -OCH3 is 1. The Balaban J connectivity index is 1.41. The lowest BCUT2D eigenvalue weighted by molar-refractivity contribution is 0.254. The fourth-order valence-electron chi connectivity index (χ4n) is 3.65. The Morgan fingerprint density at radius 1 is 1.17 bits per heavy atom. The van der Waals surface area contributed by atoms with E-state index in [0.29, 0.717) is 24.1 Å². The molecular weight excluding hydrogens is 380 g/mol. The van der Waals surface area contributed by atoms with Gasteiger partial charge in [0.15, 0.2) is 11.5 Å². The predicted octanol–water partition coefficient (Wildman–Crippen LogP) is 3.79. The van der Waals surface area contributed by atoms with Crippen LogP contribution in [0.3, 0.4) is 0 Å². The molecule has 0 unspecified atom stereocenters. The van der Waals surface area contributed by atoms with Crippen molar-refractivity contribution in [3.63, 3.8) is 0 Å². The molecular formula is C22H28N6O2. The summed E-state index contributed by atoms with van der Waals surface area (Å²) in [6.45, 7) is 6.12. The molecule has 3 aromatic rings. The van der Waals surface area contributed by atoms with Crippen LogP contribution in [0.15, 0.2) is 36.7 Å². The van der Waals surface area contributed by atoms with Gasteiger partial charge in [0, 0.05) is 35.8 Å². The molecule has 1 aliphatic rings. The van der Waals surface area contributed by atoms with E-state index in [1.54, 1.807) is 19.5 Å². The normalized spacial score (nSPS) is 14.1. The van der Waals surface area contributed by atoms with Gasteiger partial charge < -0.3 is 19.7 Å². The third-order valence-electron chi connectivity index (χ3n) is 5.26. The number of rotatable bonds is 9. The smallest absolute Gasteiger partial charge is 0.227 e. The average molecular weight is 409 g/mol. The molecule has 2 aromatic heterocycles. The number of nitrogens with zero attached hydrogens (tertiary/aromatic N) is 4. The highest BCUT2D eigenvalue weighted by Crippen LogP contribution is 2.31. The van der Waals surface area contributed by atoms with Crippen LogP contribution in [0.4, 0.5) is 11.6 Å². The van der Waals surface area contributed by atoms with E-state index in [4.69, 9.17) is 9.47 Å². The molecule has 0 spiro atoms. The molecule has 1 fully saturated rings. The molecule has 1 aliphatic heterocycles. The fourth-order valence-corrected chi connectivity index (χ4v) is 3.65. The Kier molecular flexibility index (Phi) is 6.44. The van der Waals surface area contributed by atoms with Crippen molar-refractivity contribution in [2.24, 2.45) is 0 Å². The number of ether oxygens (including phenoxy) is 2. The zero-order valence-electron chi connectivity index (χ0n) is 17.5. The summed E-state index contributed by atoms with van der Waals surface area (Å²) >= 11 is 0. The molecule has 0 bridgehead atoms. The summed E-state index contributed by atoms with van der Waals surface area (Å²) in [6.07, 6.45) is 7.12. The van der Waals surface area contributed by atoms with Gasteiger partial charge in [-0.15, -0.1) is 0 Å². The summed E-state index contributed by atoms with van der Waals surface area (Å²) in [5.41, 5.74) is 3.57. The van der Waals surface area contributed by atoms with E-state index in [0.717, 1.165) is 35.6 Å². The zero-order valence-corrected chi connectivity index (χ0v) is 17.5. The molecule has 0 amide bonds. The van der Waals surface area contributed by atoms with Gasteiger partial charge in [-0.2, -0.15) is 5.10 Å². The Morgan fingerprint density at radius 3 is 2.80 bits per heavy atom. The summed E-state index contributed by atoms with van der Waals surface area (Å²) in [5.74, 6) is 1.94. The van der Waals surface area contributed by atoms with Crippen LogP contribution in [0.2, 0.25) is 0 Å². The van der Waals surface area contributed by atoms with Gasteiger partial charge in [0.2, 0.25) is 5.95 Å². The van der Waals surface area contributed by atoms with Gasteiger partial charge in [-0.1, -0.05) is 0 Å². The minimum atomic E-state index is 0.512. The van der Waals surface area contributed by atoms with Crippen molar-refractivity contribution in [3.05, 3.63) is 42.4 Å². The topological polar surface area (TPSA) is 88.2 Å². The molecule has 0 radical (unpaired) electrons. The molecule has 0 atom stereocenters. The second-order valence-corrected chi connectivity index (χ2v) is 7.42. The van der Waals surface area contributed by atoms with E-state index in [1.807, 2.05) is 31.2 Å². The zero-order chi connectivity index (χ0) is 20.8. The Morgan fingerprint density at radius 2 is 2.03 bits per heavy atom. The number of H-pyrrole nitrogens is 1. The molecule has 158 valence electrons. The first-order chi connectivity index (χ1) is 14.7. The van der Waals surface area contributed by atoms with Crippen molar-refractivity contribution in [2.75, 3.05) is 38.7 Å². The number of likely N-dealkylation sites (tertiary alicyclic amines) is 1. The van der Waals surface area contributed by atoms with E-state index >= 15 is 0 Å². The maximum absolute atomic E-state index is 6.02. The van der Waals surface area contributed by atoms with Crippen molar-refractivity contribution in [1.29, 1.82) is 0 Å². The Labute approximate surface area is 176 Å². The van der Waals surface area contributed by atoms with E-state index in [9.17, 15) is 0 Å². The van der Waals surface area contributed by atoms with Crippen LogP contribution in [0.5, 0.6) is 11.5 Å². The van der Waals surface area contributed by atoms with Crippen LogP contribution in [0.25, 0.3) is 11.3 Å². The standard InChI is InChI=1S/C22H28N6O2/c1-16-18(15-24-27-16)19-8-9-23-22(26-19)25-17-6-7-20(29-2)21(14-17)30-13-5-12-28-10-3-4-11-28/h6-9,14-15H,3-5,10-13H2,1-2H3,(H,24,27)(H,23,25,26). The van der Waals surface area contributed by atoms with Gasteiger partial charge in [-0.25, -0.2) is 9.97 Å². The van der Waals surface area contributed by atoms with Gasteiger partial charge >= 0.3 is 0 Å². The third kappa shape index (κ3) is 4.88. The maximum atomic E-state index is 6.02. The van der Waals surface area contributed by atoms with Crippen LogP contribution >= 0.6 is 0 Å². The summed E-state index contributed by atoms with van der Waals surface area (Å²) < 4.78 is 11.5. The number of nitrogens with one attached hydrogen (secondary N) is 2. The van der Waals surface area contributed by atoms with Gasteiger partial charge in [0.1, 0.15) is 0 Å². The largest absolute Gasteiger partial charge is 0.493 e. The van der Waals surface area contributed by atoms with Gasteiger partial charge in [-0.05, 0) is 57.5 Å². The minimum absolute atomic E-state index is 0.512. The van der Waals surface area contributed by atoms with Gasteiger partial charge in [0.05, 0.1) is 25.6 Å². The first-order valence-electron chi connectivity index (χ1n) is 10.4. The van der Waals surface area contributed by atoms with Crippen LogP contribution in [-0.2, 0) is 0 Å².